The number of aromatic hydroxyl groups is 2. The Hall–Kier alpha value is -5.27. The molecule has 5 aromatic rings. The minimum absolute atomic E-state index is 0.0196. The molecular weight excluding hydrogens is 647 g/mol. The number of thiophene rings is 1. The maximum absolute atomic E-state index is 13.7. The molecule has 11 nitrogen and oxygen atoms in total. The average Bonchev–Trinajstić information content (AvgIpc) is 3.47. The number of urea groups is 1. The Kier molecular flexibility index (Phi) is 8.78. The summed E-state index contributed by atoms with van der Waals surface area (Å²) in [4.78, 5) is 42.0. The van der Waals surface area contributed by atoms with Crippen molar-refractivity contribution in [2.24, 2.45) is 0 Å². The van der Waals surface area contributed by atoms with Crippen molar-refractivity contribution in [1.29, 1.82) is 0 Å². The second kappa shape index (κ2) is 13.3. The molecule has 0 unspecified atom stereocenters. The van der Waals surface area contributed by atoms with Gasteiger partial charge in [0, 0.05) is 47.5 Å². The van der Waals surface area contributed by atoms with Gasteiger partial charge in [-0.3, -0.25) is 4.79 Å². The zero-order valence-electron chi connectivity index (χ0n) is 27.0. The van der Waals surface area contributed by atoms with Crippen molar-refractivity contribution < 1.29 is 28.9 Å². The number of fused-ring (bicyclic) bond motifs is 3. The van der Waals surface area contributed by atoms with Crippen molar-refractivity contribution >= 4 is 50.7 Å². The summed E-state index contributed by atoms with van der Waals surface area (Å²) in [7, 11) is 0. The van der Waals surface area contributed by atoms with Crippen molar-refractivity contribution in [3.05, 3.63) is 88.0 Å². The van der Waals surface area contributed by atoms with E-state index in [9.17, 15) is 24.2 Å². The predicted octanol–water partition coefficient (Wildman–Crippen LogP) is 6.71. The molecule has 0 bridgehead atoms. The molecule has 3 amide bonds. The van der Waals surface area contributed by atoms with Gasteiger partial charge in [-0.15, -0.1) is 11.3 Å². The van der Waals surface area contributed by atoms with E-state index < -0.39 is 6.03 Å². The summed E-state index contributed by atoms with van der Waals surface area (Å²) >= 11 is 1.54. The number of anilines is 3. The minimum atomic E-state index is -0.454. The zero-order valence-corrected chi connectivity index (χ0v) is 27.8. The summed E-state index contributed by atoms with van der Waals surface area (Å²) in [5, 5.41) is 27.3. The smallest absolute Gasteiger partial charge is 0.323 e. The largest absolute Gasteiger partial charge is 0.508 e. The third kappa shape index (κ3) is 6.59. The van der Waals surface area contributed by atoms with Gasteiger partial charge in [-0.05, 0) is 78.1 Å². The van der Waals surface area contributed by atoms with Crippen molar-refractivity contribution in [3.63, 3.8) is 0 Å². The summed E-state index contributed by atoms with van der Waals surface area (Å²) in [5.41, 5.74) is 3.71. The number of benzene rings is 3. The van der Waals surface area contributed by atoms with Crippen LogP contribution in [0.4, 0.5) is 26.4 Å². The number of aromatic nitrogens is 2. The van der Waals surface area contributed by atoms with E-state index in [0.717, 1.165) is 32.0 Å². The highest BCUT2D eigenvalue weighted by Crippen LogP contribution is 2.41. The Bertz CT molecular complexity index is 2040. The summed E-state index contributed by atoms with van der Waals surface area (Å²) in [6.45, 7) is 7.22. The lowest BCUT2D eigenvalue weighted by Gasteiger charge is -2.30. The summed E-state index contributed by atoms with van der Waals surface area (Å²) in [6, 6.07) is 15.1. The van der Waals surface area contributed by atoms with Crippen LogP contribution in [-0.2, 0) is 17.7 Å². The molecule has 0 saturated carbocycles. The van der Waals surface area contributed by atoms with E-state index in [1.54, 1.807) is 23.1 Å². The van der Waals surface area contributed by atoms with Crippen LogP contribution in [0, 0.1) is 5.82 Å². The van der Waals surface area contributed by atoms with E-state index in [1.165, 1.54) is 41.7 Å². The van der Waals surface area contributed by atoms with Gasteiger partial charge in [0.2, 0.25) is 0 Å². The second-order valence-electron chi connectivity index (χ2n) is 12.4. The van der Waals surface area contributed by atoms with Crippen molar-refractivity contribution in [2.75, 3.05) is 48.4 Å². The number of hydrogen-bond acceptors (Lipinski definition) is 9. The predicted molar refractivity (Wildman–Crippen MR) is 187 cm³/mol. The first kappa shape index (κ1) is 32.3. The quantitative estimate of drug-likeness (QED) is 0.155. The summed E-state index contributed by atoms with van der Waals surface area (Å²) in [6.07, 6.45) is 0.608. The van der Waals surface area contributed by atoms with Crippen molar-refractivity contribution in [2.45, 2.75) is 32.7 Å². The van der Waals surface area contributed by atoms with E-state index in [2.05, 4.69) is 15.5 Å². The number of ether oxygens (including phenoxy) is 1. The van der Waals surface area contributed by atoms with Gasteiger partial charge in [-0.25, -0.2) is 19.2 Å². The van der Waals surface area contributed by atoms with Crippen LogP contribution in [0.2, 0.25) is 0 Å². The van der Waals surface area contributed by atoms with Crippen LogP contribution in [0.1, 0.15) is 46.1 Å². The molecule has 252 valence electrons. The topological polar surface area (TPSA) is 140 Å². The van der Waals surface area contributed by atoms with Crippen LogP contribution < -0.4 is 15.5 Å². The highest BCUT2D eigenvalue weighted by Gasteiger charge is 2.31. The number of amides is 3. The first-order valence-corrected chi connectivity index (χ1v) is 16.9. The van der Waals surface area contributed by atoms with Gasteiger partial charge in [-0.1, -0.05) is 13.8 Å². The minimum Gasteiger partial charge on any atom is -0.508 e. The molecule has 1 fully saturated rings. The maximum atomic E-state index is 13.7. The SMILES string of the molecule is CC(C)c1cc(C(=O)N2CCc3c(sc4nc(-c5ccc(NC(=O)Nc6ccc(F)cc6)cc5)nc(N5CCOCC5)c34)C2)c(O)cc1O. The lowest BCUT2D eigenvalue weighted by molar-refractivity contribution is 0.0734. The number of morpholine rings is 1. The first-order valence-electron chi connectivity index (χ1n) is 16.1. The molecule has 4 N–H and O–H groups in total. The molecule has 4 heterocycles. The van der Waals surface area contributed by atoms with Gasteiger partial charge in [0.25, 0.3) is 5.91 Å². The van der Waals surface area contributed by atoms with Gasteiger partial charge < -0.3 is 35.4 Å². The van der Waals surface area contributed by atoms with Crippen LogP contribution in [0.15, 0.2) is 60.7 Å². The molecule has 7 rings (SSSR count). The Balaban J connectivity index is 1.17. The van der Waals surface area contributed by atoms with Gasteiger partial charge in [0.05, 0.1) is 30.7 Å². The Morgan fingerprint density at radius 1 is 0.918 bits per heavy atom. The molecule has 2 aromatic heterocycles. The van der Waals surface area contributed by atoms with Crippen LogP contribution in [0.25, 0.3) is 21.6 Å². The van der Waals surface area contributed by atoms with Crippen LogP contribution in [0.3, 0.4) is 0 Å². The van der Waals surface area contributed by atoms with Gasteiger partial charge in [0.15, 0.2) is 5.82 Å². The number of rotatable bonds is 6. The van der Waals surface area contributed by atoms with Gasteiger partial charge >= 0.3 is 6.03 Å². The number of halogens is 1. The standard InChI is InChI=1S/C36H35FN6O5S/c1-20(2)26-17-27(29(45)18-28(26)44)35(46)43-12-11-25-30(19-43)49-34-31(25)33(42-13-15-48-16-14-42)40-32(41-34)21-3-7-23(8-4-21)38-36(47)39-24-9-5-22(37)6-10-24/h3-10,17-18,20,44-45H,11-16,19H2,1-2H3,(H2,38,39,47). The second-order valence-corrected chi connectivity index (χ2v) is 13.5. The Morgan fingerprint density at radius 2 is 1.59 bits per heavy atom. The fourth-order valence-corrected chi connectivity index (χ4v) is 7.44. The van der Waals surface area contributed by atoms with E-state index in [4.69, 9.17) is 14.7 Å². The molecule has 0 spiro atoms. The number of hydrogen-bond donors (Lipinski definition) is 4. The first-order chi connectivity index (χ1) is 23.6. The van der Waals surface area contributed by atoms with E-state index in [0.29, 0.717) is 68.6 Å². The van der Waals surface area contributed by atoms with Crippen molar-refractivity contribution in [1.82, 2.24) is 14.9 Å². The normalized spacial score (nSPS) is 14.6. The number of phenols is 2. The Morgan fingerprint density at radius 3 is 2.27 bits per heavy atom. The van der Waals surface area contributed by atoms with E-state index in [1.807, 2.05) is 26.0 Å². The van der Waals surface area contributed by atoms with E-state index in [-0.39, 0.29) is 34.7 Å². The zero-order chi connectivity index (χ0) is 34.2. The highest BCUT2D eigenvalue weighted by molar-refractivity contribution is 7.19. The molecule has 0 radical (unpaired) electrons. The van der Waals surface area contributed by atoms with Crippen LogP contribution in [-0.4, -0.2) is 69.9 Å². The number of nitrogens with zero attached hydrogens (tertiary/aromatic N) is 4. The number of nitrogens with one attached hydrogen (secondary N) is 2. The Labute approximate surface area is 286 Å². The summed E-state index contributed by atoms with van der Waals surface area (Å²) < 4.78 is 18.8. The molecule has 1 saturated heterocycles. The third-order valence-corrected chi connectivity index (χ3v) is 9.89. The van der Waals surface area contributed by atoms with Crippen molar-refractivity contribution in [3.8, 4) is 22.9 Å². The molecular formula is C36H35FN6O5S. The molecule has 13 heteroatoms. The maximum Gasteiger partial charge on any atom is 0.323 e. The fourth-order valence-electron chi connectivity index (χ4n) is 6.21. The lowest BCUT2D eigenvalue weighted by Crippen LogP contribution is -2.37. The number of carbonyl (C=O) groups is 2. The molecule has 49 heavy (non-hydrogen) atoms. The van der Waals surface area contributed by atoms with E-state index >= 15 is 0 Å². The number of phenolic OH excluding ortho intramolecular Hbond substituents is 2. The molecule has 3 aromatic carbocycles. The lowest BCUT2D eigenvalue weighted by atomic mass is 9.97. The van der Waals surface area contributed by atoms with Gasteiger partial charge in [0.1, 0.15) is 28.0 Å². The highest BCUT2D eigenvalue weighted by atomic mass is 32.1. The third-order valence-electron chi connectivity index (χ3n) is 8.78. The van der Waals surface area contributed by atoms with Gasteiger partial charge in [-0.2, -0.15) is 0 Å². The summed E-state index contributed by atoms with van der Waals surface area (Å²) in [5.74, 6) is 0.408. The molecule has 2 aliphatic heterocycles. The van der Waals surface area contributed by atoms with Crippen LogP contribution >= 0.6 is 11.3 Å². The molecule has 0 aliphatic carbocycles. The molecule has 0 atom stereocenters. The number of carbonyl (C=O) groups excluding carboxylic acids is 2. The monoisotopic (exact) mass is 682 g/mol. The average molecular weight is 683 g/mol. The fraction of sp³-hybridized carbons (Fsp3) is 0.278. The van der Waals surface area contributed by atoms with Crippen LogP contribution in [0.5, 0.6) is 11.5 Å². The molecule has 2 aliphatic rings.